The Kier molecular flexibility index (Phi) is 2.88. The van der Waals surface area contributed by atoms with Crippen LogP contribution in [0.2, 0.25) is 0 Å². The normalized spacial score (nSPS) is 20.8. The van der Waals surface area contributed by atoms with Crippen molar-refractivity contribution in [3.63, 3.8) is 0 Å². The Bertz CT molecular complexity index is 143. The summed E-state index contributed by atoms with van der Waals surface area (Å²) in [6.45, 7) is 0. The number of rotatable bonds is 4. The molecule has 1 fully saturated rings. The minimum atomic E-state index is -0.921. The largest absolute Gasteiger partial charge is 0.383 e. The quantitative estimate of drug-likeness (QED) is 0.621. The molecule has 0 aromatic heterocycles. The molecule has 1 amide bonds. The van der Waals surface area contributed by atoms with E-state index in [0.29, 0.717) is 6.42 Å². The van der Waals surface area contributed by atoms with Gasteiger partial charge in [-0.2, -0.15) is 0 Å². The number of carbonyl (C=O) groups is 1. The van der Waals surface area contributed by atoms with Gasteiger partial charge in [-0.25, -0.2) is 0 Å². The number of primary amides is 1. The van der Waals surface area contributed by atoms with Gasteiger partial charge in [-0.1, -0.05) is 19.3 Å². The van der Waals surface area contributed by atoms with Crippen molar-refractivity contribution in [1.82, 2.24) is 0 Å². The van der Waals surface area contributed by atoms with E-state index in [-0.39, 0.29) is 0 Å². The first-order valence-electron chi connectivity index (χ1n) is 4.17. The van der Waals surface area contributed by atoms with Gasteiger partial charge in [-0.05, 0) is 18.8 Å². The minimum absolute atomic E-state index is 0.542. The molecule has 11 heavy (non-hydrogen) atoms. The molecule has 0 bridgehead atoms. The Balaban J connectivity index is 2.05. The maximum Gasteiger partial charge on any atom is 0.246 e. The van der Waals surface area contributed by atoms with Crippen molar-refractivity contribution in [2.45, 2.75) is 38.2 Å². The molecule has 0 unspecified atom stereocenters. The lowest BCUT2D eigenvalue weighted by molar-refractivity contribution is -0.126. The highest BCUT2D eigenvalue weighted by Gasteiger charge is 2.19. The smallest absolute Gasteiger partial charge is 0.246 e. The monoisotopic (exact) mass is 157 g/mol. The molecule has 3 nitrogen and oxygen atoms in total. The van der Waals surface area contributed by atoms with Gasteiger partial charge in [-0.15, -0.1) is 0 Å². The number of hydrogen-bond donors (Lipinski definition) is 2. The van der Waals surface area contributed by atoms with Gasteiger partial charge in [0.2, 0.25) is 5.91 Å². The van der Waals surface area contributed by atoms with Gasteiger partial charge in [0, 0.05) is 0 Å². The minimum Gasteiger partial charge on any atom is -0.383 e. The zero-order valence-corrected chi connectivity index (χ0v) is 6.62. The summed E-state index contributed by atoms with van der Waals surface area (Å²) in [4.78, 5) is 10.4. The average Bonchev–Trinajstić information content (AvgIpc) is 1.83. The third kappa shape index (κ3) is 2.50. The van der Waals surface area contributed by atoms with E-state index in [2.05, 4.69) is 0 Å². The summed E-state index contributed by atoms with van der Waals surface area (Å²) < 4.78 is 0. The molecule has 1 aliphatic carbocycles. The molecule has 0 heterocycles. The molecule has 1 atom stereocenters. The highest BCUT2D eigenvalue weighted by molar-refractivity contribution is 5.78. The number of aliphatic hydroxyl groups excluding tert-OH is 1. The summed E-state index contributed by atoms with van der Waals surface area (Å²) >= 11 is 0. The second-order valence-electron chi connectivity index (χ2n) is 3.29. The summed E-state index contributed by atoms with van der Waals surface area (Å²) in [5, 5.41) is 9.02. The third-order valence-electron chi connectivity index (χ3n) is 2.40. The number of carbonyl (C=O) groups excluding carboxylic acids is 1. The maximum atomic E-state index is 10.4. The number of hydrogen-bond acceptors (Lipinski definition) is 2. The Labute approximate surface area is 66.6 Å². The van der Waals surface area contributed by atoms with E-state index >= 15 is 0 Å². The van der Waals surface area contributed by atoms with Crippen LogP contribution in [0.1, 0.15) is 32.1 Å². The average molecular weight is 157 g/mol. The standard InChI is InChI=1S/C8H15NO2/c9-8(11)7(10)5-4-6-2-1-3-6/h6-7,10H,1-5H2,(H2,9,11)/t7-/m1/s1. The molecule has 0 spiro atoms. The van der Waals surface area contributed by atoms with Gasteiger partial charge >= 0.3 is 0 Å². The Morgan fingerprint density at radius 1 is 1.64 bits per heavy atom. The number of nitrogens with two attached hydrogens (primary N) is 1. The summed E-state index contributed by atoms with van der Waals surface area (Å²) in [6.07, 6.45) is 4.38. The topological polar surface area (TPSA) is 63.3 Å². The second-order valence-corrected chi connectivity index (χ2v) is 3.29. The fourth-order valence-corrected chi connectivity index (χ4v) is 1.32. The lowest BCUT2D eigenvalue weighted by atomic mass is 9.81. The maximum absolute atomic E-state index is 10.4. The molecule has 3 heteroatoms. The van der Waals surface area contributed by atoms with Gasteiger partial charge in [0.15, 0.2) is 0 Å². The van der Waals surface area contributed by atoms with Crippen LogP contribution in [0.25, 0.3) is 0 Å². The van der Waals surface area contributed by atoms with Crippen LogP contribution in [0.15, 0.2) is 0 Å². The molecule has 0 aromatic rings. The third-order valence-corrected chi connectivity index (χ3v) is 2.40. The fourth-order valence-electron chi connectivity index (χ4n) is 1.32. The predicted molar refractivity (Wildman–Crippen MR) is 41.8 cm³/mol. The van der Waals surface area contributed by atoms with Crippen molar-refractivity contribution in [3.8, 4) is 0 Å². The van der Waals surface area contributed by atoms with E-state index in [0.717, 1.165) is 12.3 Å². The Morgan fingerprint density at radius 3 is 2.64 bits per heavy atom. The van der Waals surface area contributed by atoms with Crippen LogP contribution >= 0.6 is 0 Å². The molecule has 0 radical (unpaired) electrons. The summed E-state index contributed by atoms with van der Waals surface area (Å²) in [5.74, 6) is 0.147. The van der Waals surface area contributed by atoms with E-state index in [9.17, 15) is 4.79 Å². The second kappa shape index (κ2) is 3.72. The van der Waals surface area contributed by atoms with Gasteiger partial charge < -0.3 is 10.8 Å². The molecule has 1 rings (SSSR count). The van der Waals surface area contributed by atoms with Gasteiger partial charge in [0.05, 0.1) is 0 Å². The summed E-state index contributed by atoms with van der Waals surface area (Å²) in [7, 11) is 0. The first-order valence-corrected chi connectivity index (χ1v) is 4.17. The highest BCUT2D eigenvalue weighted by atomic mass is 16.3. The molecule has 1 aliphatic rings. The Morgan fingerprint density at radius 2 is 2.27 bits per heavy atom. The van der Waals surface area contributed by atoms with Crippen molar-refractivity contribution < 1.29 is 9.90 Å². The molecule has 1 saturated carbocycles. The first-order chi connectivity index (χ1) is 5.20. The van der Waals surface area contributed by atoms with Crippen LogP contribution in [0.4, 0.5) is 0 Å². The van der Waals surface area contributed by atoms with Crippen LogP contribution < -0.4 is 5.73 Å². The molecule has 3 N–H and O–H groups in total. The fraction of sp³-hybridized carbons (Fsp3) is 0.875. The molecule has 64 valence electrons. The Hall–Kier alpha value is -0.570. The van der Waals surface area contributed by atoms with Crippen LogP contribution in [0.3, 0.4) is 0 Å². The molecule has 0 saturated heterocycles. The van der Waals surface area contributed by atoms with Gasteiger partial charge in [0.1, 0.15) is 6.10 Å². The van der Waals surface area contributed by atoms with Crippen molar-refractivity contribution in [2.24, 2.45) is 11.7 Å². The molecule has 0 aromatic carbocycles. The number of amides is 1. The van der Waals surface area contributed by atoms with E-state index < -0.39 is 12.0 Å². The molecular formula is C8H15NO2. The van der Waals surface area contributed by atoms with E-state index in [4.69, 9.17) is 10.8 Å². The van der Waals surface area contributed by atoms with Crippen molar-refractivity contribution in [3.05, 3.63) is 0 Å². The lowest BCUT2D eigenvalue weighted by Gasteiger charge is -2.25. The zero-order chi connectivity index (χ0) is 8.27. The van der Waals surface area contributed by atoms with E-state index in [1.54, 1.807) is 0 Å². The molecule has 0 aliphatic heterocycles. The number of aliphatic hydroxyl groups is 1. The summed E-state index contributed by atoms with van der Waals surface area (Å²) in [6, 6.07) is 0. The lowest BCUT2D eigenvalue weighted by Crippen LogP contribution is -2.29. The summed E-state index contributed by atoms with van der Waals surface area (Å²) in [5.41, 5.74) is 4.89. The zero-order valence-electron chi connectivity index (χ0n) is 6.62. The van der Waals surface area contributed by atoms with E-state index in [1.165, 1.54) is 19.3 Å². The van der Waals surface area contributed by atoms with Crippen molar-refractivity contribution >= 4 is 5.91 Å². The van der Waals surface area contributed by atoms with Crippen LogP contribution in [-0.4, -0.2) is 17.1 Å². The van der Waals surface area contributed by atoms with Crippen LogP contribution in [0, 0.1) is 5.92 Å². The van der Waals surface area contributed by atoms with E-state index in [1.807, 2.05) is 0 Å². The SMILES string of the molecule is NC(=O)[C@H](O)CCC1CCC1. The van der Waals surface area contributed by atoms with Crippen LogP contribution in [0.5, 0.6) is 0 Å². The predicted octanol–water partition coefficient (Wildman–Crippen LogP) is 0.413. The van der Waals surface area contributed by atoms with Crippen LogP contribution in [-0.2, 0) is 4.79 Å². The van der Waals surface area contributed by atoms with Gasteiger partial charge in [0.25, 0.3) is 0 Å². The van der Waals surface area contributed by atoms with Crippen molar-refractivity contribution in [2.75, 3.05) is 0 Å². The van der Waals surface area contributed by atoms with Gasteiger partial charge in [-0.3, -0.25) is 4.79 Å². The first kappa shape index (κ1) is 8.53. The molecular weight excluding hydrogens is 142 g/mol. The van der Waals surface area contributed by atoms with Crippen molar-refractivity contribution in [1.29, 1.82) is 0 Å². The highest BCUT2D eigenvalue weighted by Crippen LogP contribution is 2.30.